The van der Waals surface area contributed by atoms with Gasteiger partial charge in [-0.25, -0.2) is 9.59 Å². The number of ether oxygens (including phenoxy) is 3. The molecule has 0 amide bonds. The summed E-state index contributed by atoms with van der Waals surface area (Å²) >= 11 is 0. The van der Waals surface area contributed by atoms with Gasteiger partial charge in [-0.1, -0.05) is 45.9 Å². The summed E-state index contributed by atoms with van der Waals surface area (Å²) in [5.74, 6) is -1.87. The Morgan fingerprint density at radius 1 is 1.16 bits per heavy atom. The number of fused-ring (bicyclic) bond motifs is 5. The van der Waals surface area contributed by atoms with Gasteiger partial charge in [0.05, 0.1) is 35.7 Å². The number of esters is 2. The first-order valence-electron chi connectivity index (χ1n) is 14.5. The van der Waals surface area contributed by atoms with Crippen LogP contribution in [0.2, 0.25) is 0 Å². The summed E-state index contributed by atoms with van der Waals surface area (Å²) in [6, 6.07) is 0. The number of Topliss-reactive ketones (excluding diaryl/α,β-unsaturated/α-hetero) is 1. The number of rotatable bonds is 5. The third-order valence-corrected chi connectivity index (χ3v) is 10.5. The Bertz CT molecular complexity index is 1360. The van der Waals surface area contributed by atoms with E-state index in [1.54, 1.807) is 34.6 Å². The van der Waals surface area contributed by atoms with E-state index < -0.39 is 88.0 Å². The highest BCUT2D eigenvalue weighted by atomic mass is 16.6. The van der Waals surface area contributed by atoms with Gasteiger partial charge in [0.1, 0.15) is 17.8 Å². The lowest BCUT2D eigenvalue weighted by atomic mass is 9.42. The number of hydrogen-bond acceptors (Lipinski definition) is 11. The molecule has 0 spiro atoms. The number of aliphatic hydroxyl groups is 5. The maximum atomic E-state index is 14.4. The SMILES string of the molecule is C=C=C(OC(=O)C#CC)C1C2C3(O)COC3CC(O)C2(C)C(=O)C(O)C2=C(C)C(OC(=O)C(O)C(C)C)CC1(O)C2(C)C. The Morgan fingerprint density at radius 3 is 2.30 bits per heavy atom. The van der Waals surface area contributed by atoms with Gasteiger partial charge in [0.15, 0.2) is 17.6 Å². The highest BCUT2D eigenvalue weighted by Gasteiger charge is 2.76. The first-order chi connectivity index (χ1) is 19.8. The Hall–Kier alpha value is -2.81. The van der Waals surface area contributed by atoms with E-state index in [2.05, 4.69) is 24.2 Å². The molecule has 43 heavy (non-hydrogen) atoms. The zero-order valence-corrected chi connectivity index (χ0v) is 25.6. The van der Waals surface area contributed by atoms with Crippen LogP contribution in [0.1, 0.15) is 61.3 Å². The fourth-order valence-corrected chi connectivity index (χ4v) is 7.84. The molecule has 1 aliphatic heterocycles. The van der Waals surface area contributed by atoms with Gasteiger partial charge in [-0.2, -0.15) is 0 Å². The van der Waals surface area contributed by atoms with Gasteiger partial charge in [-0.3, -0.25) is 4.79 Å². The standard InChI is InChI=1S/C32H42O11/c1-9-11-21(34)42-17(10-2)23-26-30(8,19(33)12-20-31(26,39)14-41-20)27(37)25(36)22-16(5)18(13-32(23,40)29(22,6)7)43-28(38)24(35)15(3)4/h15,18-20,23-26,33,35-36,39-40H,2,12-14H2,1,3-8H3. The topological polar surface area (TPSA) is 180 Å². The maximum Gasteiger partial charge on any atom is 0.390 e. The van der Waals surface area contributed by atoms with E-state index in [-0.39, 0.29) is 36.4 Å². The molecule has 1 heterocycles. The second kappa shape index (κ2) is 11.0. The van der Waals surface area contributed by atoms with Gasteiger partial charge in [0.2, 0.25) is 0 Å². The van der Waals surface area contributed by atoms with Gasteiger partial charge in [-0.15, -0.1) is 0 Å². The molecule has 1 saturated heterocycles. The van der Waals surface area contributed by atoms with Crippen LogP contribution in [-0.2, 0) is 28.6 Å². The lowest BCUT2D eigenvalue weighted by Gasteiger charge is -2.67. The van der Waals surface area contributed by atoms with Crippen molar-refractivity contribution in [1.29, 1.82) is 0 Å². The molecule has 4 rings (SSSR count). The maximum absolute atomic E-state index is 14.4. The third-order valence-electron chi connectivity index (χ3n) is 10.5. The summed E-state index contributed by atoms with van der Waals surface area (Å²) < 4.78 is 16.9. The van der Waals surface area contributed by atoms with Crippen molar-refractivity contribution in [2.75, 3.05) is 6.61 Å². The Labute approximate surface area is 251 Å². The summed E-state index contributed by atoms with van der Waals surface area (Å²) in [4.78, 5) is 40.1. The van der Waals surface area contributed by atoms with E-state index in [0.717, 1.165) is 0 Å². The molecule has 10 atom stereocenters. The smallest absolute Gasteiger partial charge is 0.390 e. The zero-order chi connectivity index (χ0) is 32.4. The summed E-state index contributed by atoms with van der Waals surface area (Å²) in [5.41, 5.74) is -4.44. The molecule has 4 aliphatic rings. The van der Waals surface area contributed by atoms with Crippen molar-refractivity contribution >= 4 is 17.7 Å². The Balaban J connectivity index is 2.06. The molecule has 0 aromatic heterocycles. The molecule has 3 aliphatic carbocycles. The van der Waals surface area contributed by atoms with Crippen molar-refractivity contribution in [3.8, 4) is 11.8 Å². The van der Waals surface area contributed by atoms with Crippen LogP contribution in [0.3, 0.4) is 0 Å². The molecule has 11 heteroatoms. The van der Waals surface area contributed by atoms with Crippen LogP contribution in [0.15, 0.2) is 29.2 Å². The average Bonchev–Trinajstić information content (AvgIpc) is 2.92. The highest BCUT2D eigenvalue weighted by molar-refractivity contribution is 5.93. The fourth-order valence-electron chi connectivity index (χ4n) is 7.84. The number of hydrogen-bond donors (Lipinski definition) is 5. The summed E-state index contributed by atoms with van der Waals surface area (Å²) in [7, 11) is 0. The number of aliphatic hydroxyl groups excluding tert-OH is 3. The lowest BCUT2D eigenvalue weighted by molar-refractivity contribution is -0.335. The first kappa shape index (κ1) is 33.1. The summed E-state index contributed by atoms with van der Waals surface area (Å²) in [6.45, 7) is 14.2. The molecule has 0 aromatic rings. The predicted molar refractivity (Wildman–Crippen MR) is 150 cm³/mol. The van der Waals surface area contributed by atoms with Crippen LogP contribution < -0.4 is 0 Å². The molecule has 2 bridgehead atoms. The van der Waals surface area contributed by atoms with E-state index in [4.69, 9.17) is 14.2 Å². The largest absolute Gasteiger partial charge is 0.456 e. The molecule has 0 radical (unpaired) electrons. The normalized spacial score (nSPS) is 40.3. The molecule has 236 valence electrons. The molecule has 0 aromatic carbocycles. The highest BCUT2D eigenvalue weighted by Crippen LogP contribution is 2.65. The molecular weight excluding hydrogens is 560 g/mol. The second-order valence-corrected chi connectivity index (χ2v) is 13.3. The quantitative estimate of drug-likeness (QED) is 0.0747. The predicted octanol–water partition coefficient (Wildman–Crippen LogP) is 0.705. The molecule has 3 fully saturated rings. The Kier molecular flexibility index (Phi) is 8.44. The molecule has 11 nitrogen and oxygen atoms in total. The van der Waals surface area contributed by atoms with Gasteiger partial charge >= 0.3 is 11.9 Å². The van der Waals surface area contributed by atoms with Crippen molar-refractivity contribution in [2.45, 2.75) is 103 Å². The molecule has 2 saturated carbocycles. The molecule has 5 N–H and O–H groups in total. The van der Waals surface area contributed by atoms with Gasteiger partial charge in [0, 0.05) is 30.1 Å². The van der Waals surface area contributed by atoms with Crippen LogP contribution in [0.5, 0.6) is 0 Å². The van der Waals surface area contributed by atoms with Crippen LogP contribution in [-0.4, -0.2) is 91.6 Å². The number of ketones is 1. The van der Waals surface area contributed by atoms with Crippen LogP contribution in [0, 0.1) is 40.4 Å². The summed E-state index contributed by atoms with van der Waals surface area (Å²) in [6.07, 6.45) is -7.47. The van der Waals surface area contributed by atoms with Crippen molar-refractivity contribution < 1.29 is 54.1 Å². The Morgan fingerprint density at radius 2 is 1.79 bits per heavy atom. The van der Waals surface area contributed by atoms with Gasteiger partial charge in [-0.05, 0) is 37.8 Å². The monoisotopic (exact) mass is 602 g/mol. The molecule has 10 unspecified atom stereocenters. The fraction of sp³-hybridized carbons (Fsp3) is 0.688. The van der Waals surface area contributed by atoms with Gasteiger partial charge < -0.3 is 39.7 Å². The zero-order valence-electron chi connectivity index (χ0n) is 25.6. The van der Waals surface area contributed by atoms with Crippen molar-refractivity contribution in [2.24, 2.45) is 28.6 Å². The first-order valence-corrected chi connectivity index (χ1v) is 14.5. The van der Waals surface area contributed by atoms with E-state index >= 15 is 0 Å². The molecular formula is C32H42O11. The number of carbonyl (C=O) groups is 3. The van der Waals surface area contributed by atoms with E-state index in [9.17, 15) is 39.9 Å². The third kappa shape index (κ3) is 4.63. The van der Waals surface area contributed by atoms with Crippen molar-refractivity contribution in [3.05, 3.63) is 29.2 Å². The van der Waals surface area contributed by atoms with Crippen molar-refractivity contribution in [1.82, 2.24) is 0 Å². The summed E-state index contributed by atoms with van der Waals surface area (Å²) in [5, 5.41) is 58.8. The number of carbonyl (C=O) groups excluding carboxylic acids is 3. The average molecular weight is 603 g/mol. The van der Waals surface area contributed by atoms with Crippen molar-refractivity contribution in [3.63, 3.8) is 0 Å². The second-order valence-electron chi connectivity index (χ2n) is 13.3. The van der Waals surface area contributed by atoms with E-state index in [0.29, 0.717) is 0 Å². The minimum Gasteiger partial charge on any atom is -0.456 e. The lowest BCUT2D eigenvalue weighted by Crippen LogP contribution is -2.79. The van der Waals surface area contributed by atoms with E-state index in [1.807, 2.05) is 0 Å². The van der Waals surface area contributed by atoms with Crippen LogP contribution in [0.4, 0.5) is 0 Å². The van der Waals surface area contributed by atoms with E-state index in [1.165, 1.54) is 13.8 Å². The van der Waals surface area contributed by atoms with Gasteiger partial charge in [0.25, 0.3) is 0 Å². The minimum absolute atomic E-state index is 0.0435. The van der Waals surface area contributed by atoms with Crippen LogP contribution >= 0.6 is 0 Å². The minimum atomic E-state index is -2.14. The van der Waals surface area contributed by atoms with Crippen LogP contribution in [0.25, 0.3) is 0 Å².